The van der Waals surface area contributed by atoms with Crippen molar-refractivity contribution in [1.82, 2.24) is 0 Å². The largest absolute Gasteiger partial charge is 0.491 e. The number of aliphatic hydroxyl groups excluding tert-OH is 1. The van der Waals surface area contributed by atoms with Crippen LogP contribution in [-0.2, 0) is 0 Å². The van der Waals surface area contributed by atoms with Gasteiger partial charge in [-0.3, -0.25) is 4.79 Å². The molecule has 3 nitrogen and oxygen atoms in total. The van der Waals surface area contributed by atoms with Gasteiger partial charge in [0.1, 0.15) is 11.9 Å². The standard InChI is InChI=1S/C14H18O3/c1-9(2)17-12-7-5-11(6-8-12)14(16)13(15)10-3-4-10/h5-10,13,15H,3-4H2,1-2H3. The summed E-state index contributed by atoms with van der Waals surface area (Å²) in [4.78, 5) is 11.9. The lowest BCUT2D eigenvalue weighted by Gasteiger charge is -2.11. The number of carbonyl (C=O) groups is 1. The quantitative estimate of drug-likeness (QED) is 0.796. The van der Waals surface area contributed by atoms with Crippen molar-refractivity contribution in [3.05, 3.63) is 29.8 Å². The Kier molecular flexibility index (Phi) is 3.48. The van der Waals surface area contributed by atoms with Gasteiger partial charge in [-0.1, -0.05) is 0 Å². The van der Waals surface area contributed by atoms with Crippen LogP contribution in [0.2, 0.25) is 0 Å². The molecule has 0 aromatic heterocycles. The van der Waals surface area contributed by atoms with Gasteiger partial charge in [0.05, 0.1) is 6.10 Å². The van der Waals surface area contributed by atoms with Crippen molar-refractivity contribution in [1.29, 1.82) is 0 Å². The van der Waals surface area contributed by atoms with Crippen LogP contribution in [0.3, 0.4) is 0 Å². The highest BCUT2D eigenvalue weighted by Gasteiger charge is 2.34. The zero-order chi connectivity index (χ0) is 12.4. The average Bonchev–Trinajstić information content (AvgIpc) is 3.11. The number of aliphatic hydroxyl groups is 1. The Hall–Kier alpha value is -1.35. The highest BCUT2D eigenvalue weighted by molar-refractivity contribution is 5.99. The molecule has 0 spiro atoms. The second-order valence-corrected chi connectivity index (χ2v) is 4.84. The number of benzene rings is 1. The summed E-state index contributed by atoms with van der Waals surface area (Å²) in [6.07, 6.45) is 1.21. The number of hydrogen-bond acceptors (Lipinski definition) is 3. The number of carbonyl (C=O) groups excluding carboxylic acids is 1. The first-order valence-corrected chi connectivity index (χ1v) is 6.07. The van der Waals surface area contributed by atoms with Crippen LogP contribution < -0.4 is 4.74 Å². The third kappa shape index (κ3) is 3.07. The van der Waals surface area contributed by atoms with E-state index in [0.717, 1.165) is 18.6 Å². The number of ether oxygens (including phenoxy) is 1. The van der Waals surface area contributed by atoms with Crippen molar-refractivity contribution in [2.75, 3.05) is 0 Å². The average molecular weight is 234 g/mol. The molecule has 0 bridgehead atoms. The molecule has 1 aromatic carbocycles. The van der Waals surface area contributed by atoms with Crippen LogP contribution in [0.5, 0.6) is 5.75 Å². The molecule has 1 aromatic rings. The fraction of sp³-hybridized carbons (Fsp3) is 0.500. The fourth-order valence-electron chi connectivity index (χ4n) is 1.77. The molecule has 1 aliphatic rings. The van der Waals surface area contributed by atoms with Crippen LogP contribution in [0, 0.1) is 5.92 Å². The first-order chi connectivity index (χ1) is 8.08. The SMILES string of the molecule is CC(C)Oc1ccc(C(=O)C(O)C2CC2)cc1. The molecule has 1 aliphatic carbocycles. The molecule has 0 heterocycles. The lowest BCUT2D eigenvalue weighted by atomic mass is 10.0. The zero-order valence-corrected chi connectivity index (χ0v) is 10.2. The van der Waals surface area contributed by atoms with Crippen molar-refractivity contribution in [3.63, 3.8) is 0 Å². The van der Waals surface area contributed by atoms with Crippen LogP contribution >= 0.6 is 0 Å². The van der Waals surface area contributed by atoms with Crippen LogP contribution in [-0.4, -0.2) is 23.1 Å². The van der Waals surface area contributed by atoms with Gasteiger partial charge in [0, 0.05) is 5.56 Å². The summed E-state index contributed by atoms with van der Waals surface area (Å²) in [7, 11) is 0. The Bertz CT molecular complexity index is 390. The van der Waals surface area contributed by atoms with Crippen molar-refractivity contribution in [2.45, 2.75) is 38.9 Å². The molecule has 92 valence electrons. The summed E-state index contributed by atoms with van der Waals surface area (Å²) >= 11 is 0. The van der Waals surface area contributed by atoms with Crippen LogP contribution in [0.15, 0.2) is 24.3 Å². The van der Waals surface area contributed by atoms with Crippen molar-refractivity contribution >= 4 is 5.78 Å². The molecule has 1 N–H and O–H groups in total. The van der Waals surface area contributed by atoms with E-state index in [-0.39, 0.29) is 17.8 Å². The maximum Gasteiger partial charge on any atom is 0.191 e. The summed E-state index contributed by atoms with van der Waals surface area (Å²) in [5.74, 6) is 0.746. The Balaban J connectivity index is 2.03. The fourth-order valence-corrected chi connectivity index (χ4v) is 1.77. The maximum absolute atomic E-state index is 11.9. The zero-order valence-electron chi connectivity index (χ0n) is 10.2. The van der Waals surface area contributed by atoms with Crippen molar-refractivity contribution in [2.24, 2.45) is 5.92 Å². The highest BCUT2D eigenvalue weighted by atomic mass is 16.5. The number of Topliss-reactive ketones (excluding diaryl/α,β-unsaturated/α-hetero) is 1. The summed E-state index contributed by atoms with van der Waals surface area (Å²) in [5, 5.41) is 9.74. The Morgan fingerprint density at radius 1 is 1.29 bits per heavy atom. The van der Waals surface area contributed by atoms with E-state index in [2.05, 4.69) is 0 Å². The van der Waals surface area contributed by atoms with Gasteiger partial charge in [-0.05, 0) is 56.9 Å². The molecule has 1 fully saturated rings. The highest BCUT2D eigenvalue weighted by Crippen LogP contribution is 2.34. The Labute approximate surface area is 101 Å². The topological polar surface area (TPSA) is 46.5 Å². The minimum absolute atomic E-state index is 0.119. The molecule has 0 aliphatic heterocycles. The first-order valence-electron chi connectivity index (χ1n) is 6.07. The van der Waals surface area contributed by atoms with Gasteiger partial charge in [0.15, 0.2) is 5.78 Å². The van der Waals surface area contributed by atoms with Crippen LogP contribution in [0.25, 0.3) is 0 Å². The first kappa shape index (κ1) is 12.1. The third-order valence-corrected chi connectivity index (χ3v) is 2.85. The van der Waals surface area contributed by atoms with Gasteiger partial charge in [0.25, 0.3) is 0 Å². The van der Waals surface area contributed by atoms with Crippen LogP contribution in [0.1, 0.15) is 37.0 Å². The van der Waals surface area contributed by atoms with Gasteiger partial charge in [-0.25, -0.2) is 0 Å². The molecular formula is C14H18O3. The number of hydrogen-bond donors (Lipinski definition) is 1. The minimum atomic E-state index is -0.827. The molecule has 0 saturated heterocycles. The van der Waals surface area contributed by atoms with E-state index in [0.29, 0.717) is 5.56 Å². The van der Waals surface area contributed by atoms with Gasteiger partial charge >= 0.3 is 0 Å². The monoisotopic (exact) mass is 234 g/mol. The predicted molar refractivity (Wildman–Crippen MR) is 65.3 cm³/mol. The van der Waals surface area contributed by atoms with Gasteiger partial charge in [-0.15, -0.1) is 0 Å². The number of ketones is 1. The van der Waals surface area contributed by atoms with E-state index in [9.17, 15) is 9.90 Å². The Morgan fingerprint density at radius 2 is 1.88 bits per heavy atom. The second kappa shape index (κ2) is 4.88. The smallest absolute Gasteiger partial charge is 0.191 e. The van der Waals surface area contributed by atoms with Crippen molar-refractivity contribution < 1.29 is 14.6 Å². The van der Waals surface area contributed by atoms with E-state index in [1.807, 2.05) is 13.8 Å². The molecule has 0 amide bonds. The van der Waals surface area contributed by atoms with E-state index < -0.39 is 6.10 Å². The summed E-state index contributed by atoms with van der Waals surface area (Å²) < 4.78 is 5.50. The molecule has 1 atom stereocenters. The van der Waals surface area contributed by atoms with Gasteiger partial charge in [-0.2, -0.15) is 0 Å². The maximum atomic E-state index is 11.9. The van der Waals surface area contributed by atoms with E-state index >= 15 is 0 Å². The van der Waals surface area contributed by atoms with Crippen molar-refractivity contribution in [3.8, 4) is 5.75 Å². The second-order valence-electron chi connectivity index (χ2n) is 4.84. The predicted octanol–water partition coefficient (Wildman–Crippen LogP) is 2.43. The van der Waals surface area contributed by atoms with E-state index in [4.69, 9.17) is 4.74 Å². The van der Waals surface area contributed by atoms with Gasteiger partial charge < -0.3 is 9.84 Å². The molecule has 0 radical (unpaired) electrons. The Morgan fingerprint density at radius 3 is 2.35 bits per heavy atom. The minimum Gasteiger partial charge on any atom is -0.491 e. The lowest BCUT2D eigenvalue weighted by molar-refractivity contribution is 0.0704. The lowest BCUT2D eigenvalue weighted by Crippen LogP contribution is -2.22. The molecule has 17 heavy (non-hydrogen) atoms. The molecule has 3 heteroatoms. The molecule has 1 saturated carbocycles. The molecule has 2 rings (SSSR count). The van der Waals surface area contributed by atoms with E-state index in [1.165, 1.54) is 0 Å². The summed E-state index contributed by atoms with van der Waals surface area (Å²) in [6, 6.07) is 6.97. The number of rotatable bonds is 5. The molecule has 1 unspecified atom stereocenters. The summed E-state index contributed by atoms with van der Waals surface area (Å²) in [5.41, 5.74) is 0.556. The summed E-state index contributed by atoms with van der Waals surface area (Å²) in [6.45, 7) is 3.91. The normalized spacial score (nSPS) is 16.9. The third-order valence-electron chi connectivity index (χ3n) is 2.85. The molecular weight excluding hydrogens is 216 g/mol. The van der Waals surface area contributed by atoms with Crippen LogP contribution in [0.4, 0.5) is 0 Å². The van der Waals surface area contributed by atoms with Gasteiger partial charge in [0.2, 0.25) is 0 Å². The van der Waals surface area contributed by atoms with E-state index in [1.54, 1.807) is 24.3 Å².